The van der Waals surface area contributed by atoms with Crippen LogP contribution in [0.4, 0.5) is 4.39 Å². The number of hydrogen-bond acceptors (Lipinski definition) is 3. The molecule has 0 saturated carbocycles. The van der Waals surface area contributed by atoms with Crippen molar-refractivity contribution in [3.63, 3.8) is 0 Å². The zero-order valence-electron chi connectivity index (χ0n) is 12.5. The highest BCUT2D eigenvalue weighted by molar-refractivity contribution is 6.00. The molecule has 3 rings (SSSR count). The molecule has 0 saturated heterocycles. The molecule has 1 heterocycles. The first-order chi connectivity index (χ1) is 11.1. The van der Waals surface area contributed by atoms with Gasteiger partial charge in [-0.3, -0.25) is 4.79 Å². The molecule has 0 radical (unpaired) electrons. The van der Waals surface area contributed by atoms with Gasteiger partial charge < -0.3 is 9.84 Å². The SMILES string of the molecule is Cc1onc(-c2cccc(F)c2)c1C(=O)NCc1ccccc1. The van der Waals surface area contributed by atoms with E-state index < -0.39 is 5.82 Å². The van der Waals surface area contributed by atoms with Crippen LogP contribution in [0.2, 0.25) is 0 Å². The van der Waals surface area contributed by atoms with E-state index in [1.165, 1.54) is 12.1 Å². The number of benzene rings is 2. The predicted molar refractivity (Wildman–Crippen MR) is 84.2 cm³/mol. The minimum atomic E-state index is -0.390. The van der Waals surface area contributed by atoms with Crippen molar-refractivity contribution in [1.29, 1.82) is 0 Å². The Bertz CT molecular complexity index is 828. The Balaban J connectivity index is 1.85. The molecular weight excluding hydrogens is 295 g/mol. The van der Waals surface area contributed by atoms with Gasteiger partial charge in [0.15, 0.2) is 0 Å². The Morgan fingerprint density at radius 2 is 1.96 bits per heavy atom. The molecule has 0 bridgehead atoms. The van der Waals surface area contributed by atoms with Crippen molar-refractivity contribution in [2.75, 3.05) is 0 Å². The summed E-state index contributed by atoms with van der Waals surface area (Å²) in [6.07, 6.45) is 0. The number of aromatic nitrogens is 1. The molecule has 0 unspecified atom stereocenters. The first kappa shape index (κ1) is 15.0. The Hall–Kier alpha value is -2.95. The summed E-state index contributed by atoms with van der Waals surface area (Å²) < 4.78 is 18.5. The minimum absolute atomic E-state index is 0.299. The second kappa shape index (κ2) is 6.44. The molecule has 23 heavy (non-hydrogen) atoms. The van der Waals surface area contributed by atoms with E-state index in [0.29, 0.717) is 29.1 Å². The maximum atomic E-state index is 13.4. The van der Waals surface area contributed by atoms with E-state index in [1.54, 1.807) is 19.1 Å². The van der Waals surface area contributed by atoms with Crippen LogP contribution >= 0.6 is 0 Å². The van der Waals surface area contributed by atoms with Crippen molar-refractivity contribution in [3.8, 4) is 11.3 Å². The number of nitrogens with one attached hydrogen (secondary N) is 1. The van der Waals surface area contributed by atoms with Crippen LogP contribution in [-0.2, 0) is 6.54 Å². The molecule has 116 valence electrons. The second-order valence-corrected chi connectivity index (χ2v) is 5.14. The third-order valence-electron chi connectivity index (χ3n) is 3.48. The van der Waals surface area contributed by atoms with E-state index in [0.717, 1.165) is 5.56 Å². The van der Waals surface area contributed by atoms with Gasteiger partial charge in [0.1, 0.15) is 22.8 Å². The van der Waals surface area contributed by atoms with Crippen molar-refractivity contribution in [1.82, 2.24) is 10.5 Å². The lowest BCUT2D eigenvalue weighted by Crippen LogP contribution is -2.23. The molecule has 0 aliphatic heterocycles. The highest BCUT2D eigenvalue weighted by atomic mass is 19.1. The van der Waals surface area contributed by atoms with E-state index in [4.69, 9.17) is 4.52 Å². The molecular formula is C18H15FN2O2. The third-order valence-corrected chi connectivity index (χ3v) is 3.48. The molecule has 0 atom stereocenters. The summed E-state index contributed by atoms with van der Waals surface area (Å²) >= 11 is 0. The van der Waals surface area contributed by atoms with E-state index in [9.17, 15) is 9.18 Å². The molecule has 0 aliphatic rings. The normalized spacial score (nSPS) is 10.5. The fourth-order valence-electron chi connectivity index (χ4n) is 2.34. The fraction of sp³-hybridized carbons (Fsp3) is 0.111. The largest absolute Gasteiger partial charge is 0.360 e. The highest BCUT2D eigenvalue weighted by Gasteiger charge is 2.21. The number of amides is 1. The summed E-state index contributed by atoms with van der Waals surface area (Å²) in [4.78, 5) is 12.5. The number of carbonyl (C=O) groups is 1. The summed E-state index contributed by atoms with van der Waals surface area (Å²) in [5, 5.41) is 6.73. The third kappa shape index (κ3) is 3.29. The van der Waals surface area contributed by atoms with Crippen LogP contribution in [0.1, 0.15) is 21.7 Å². The lowest BCUT2D eigenvalue weighted by Gasteiger charge is -2.06. The Kier molecular flexibility index (Phi) is 4.19. The Morgan fingerprint density at radius 1 is 1.17 bits per heavy atom. The standard InChI is InChI=1S/C18H15FN2O2/c1-12-16(18(22)20-11-13-6-3-2-4-7-13)17(21-23-12)14-8-5-9-15(19)10-14/h2-10H,11H2,1H3,(H,20,22). The molecule has 5 heteroatoms. The van der Waals surface area contributed by atoms with Crippen molar-refractivity contribution in [2.45, 2.75) is 13.5 Å². The van der Waals surface area contributed by atoms with Crippen molar-refractivity contribution in [2.24, 2.45) is 0 Å². The summed E-state index contributed by atoms with van der Waals surface area (Å²) in [6.45, 7) is 2.06. The van der Waals surface area contributed by atoms with E-state index in [1.807, 2.05) is 30.3 Å². The zero-order valence-corrected chi connectivity index (χ0v) is 12.5. The number of aryl methyl sites for hydroxylation is 1. The molecule has 1 N–H and O–H groups in total. The van der Waals surface area contributed by atoms with Gasteiger partial charge in [-0.15, -0.1) is 0 Å². The predicted octanol–water partition coefficient (Wildman–Crippen LogP) is 3.72. The van der Waals surface area contributed by atoms with Gasteiger partial charge in [0.2, 0.25) is 0 Å². The smallest absolute Gasteiger partial charge is 0.257 e. The molecule has 0 aliphatic carbocycles. The average molecular weight is 310 g/mol. The lowest BCUT2D eigenvalue weighted by atomic mass is 10.1. The van der Waals surface area contributed by atoms with Crippen LogP contribution in [0.25, 0.3) is 11.3 Å². The molecule has 0 spiro atoms. The van der Waals surface area contributed by atoms with Crippen molar-refractivity contribution < 1.29 is 13.7 Å². The molecule has 3 aromatic rings. The topological polar surface area (TPSA) is 55.1 Å². The van der Waals surface area contributed by atoms with Crippen LogP contribution in [0, 0.1) is 12.7 Å². The second-order valence-electron chi connectivity index (χ2n) is 5.14. The van der Waals surface area contributed by atoms with Crippen LogP contribution < -0.4 is 5.32 Å². The van der Waals surface area contributed by atoms with Crippen molar-refractivity contribution >= 4 is 5.91 Å². The molecule has 0 fully saturated rings. The number of rotatable bonds is 4. The quantitative estimate of drug-likeness (QED) is 0.799. The number of halogens is 1. The number of carbonyl (C=O) groups excluding carboxylic acids is 1. The van der Waals surface area contributed by atoms with E-state index >= 15 is 0 Å². The van der Waals surface area contributed by atoms with Gasteiger partial charge in [0.05, 0.1) is 0 Å². The van der Waals surface area contributed by atoms with Gasteiger partial charge in [0.25, 0.3) is 5.91 Å². The van der Waals surface area contributed by atoms with Gasteiger partial charge in [-0.05, 0) is 24.6 Å². The van der Waals surface area contributed by atoms with Gasteiger partial charge in [-0.2, -0.15) is 0 Å². The summed E-state index contributed by atoms with van der Waals surface area (Å²) in [7, 11) is 0. The Morgan fingerprint density at radius 3 is 2.70 bits per heavy atom. The molecule has 4 nitrogen and oxygen atoms in total. The maximum Gasteiger partial charge on any atom is 0.257 e. The Labute approximate surface area is 132 Å². The van der Waals surface area contributed by atoms with Gasteiger partial charge in [-0.25, -0.2) is 4.39 Å². The average Bonchev–Trinajstić information content (AvgIpc) is 2.95. The van der Waals surface area contributed by atoms with Crippen LogP contribution in [-0.4, -0.2) is 11.1 Å². The van der Waals surface area contributed by atoms with Gasteiger partial charge in [0, 0.05) is 12.1 Å². The van der Waals surface area contributed by atoms with Crippen molar-refractivity contribution in [3.05, 3.63) is 77.3 Å². The highest BCUT2D eigenvalue weighted by Crippen LogP contribution is 2.25. The van der Waals surface area contributed by atoms with Crippen LogP contribution in [0.3, 0.4) is 0 Å². The van der Waals surface area contributed by atoms with Gasteiger partial charge in [-0.1, -0.05) is 47.6 Å². The van der Waals surface area contributed by atoms with E-state index in [-0.39, 0.29) is 5.91 Å². The monoisotopic (exact) mass is 310 g/mol. The zero-order chi connectivity index (χ0) is 16.2. The fourth-order valence-corrected chi connectivity index (χ4v) is 2.34. The van der Waals surface area contributed by atoms with Crippen LogP contribution in [0.15, 0.2) is 59.1 Å². The maximum absolute atomic E-state index is 13.4. The lowest BCUT2D eigenvalue weighted by molar-refractivity contribution is 0.0950. The number of nitrogens with zero attached hydrogens (tertiary/aromatic N) is 1. The van der Waals surface area contributed by atoms with E-state index in [2.05, 4.69) is 10.5 Å². The molecule has 1 amide bonds. The molecule has 1 aromatic heterocycles. The van der Waals surface area contributed by atoms with Crippen LogP contribution in [0.5, 0.6) is 0 Å². The number of hydrogen-bond donors (Lipinski definition) is 1. The summed E-state index contributed by atoms with van der Waals surface area (Å²) in [6, 6.07) is 15.5. The first-order valence-electron chi connectivity index (χ1n) is 7.19. The minimum Gasteiger partial charge on any atom is -0.360 e. The first-order valence-corrected chi connectivity index (χ1v) is 7.19. The summed E-state index contributed by atoms with van der Waals surface area (Å²) in [5.41, 5.74) is 2.16. The van der Waals surface area contributed by atoms with Gasteiger partial charge >= 0.3 is 0 Å². The molecule has 2 aromatic carbocycles. The summed E-state index contributed by atoms with van der Waals surface area (Å²) in [5.74, 6) is -0.291.